The number of nitrogens with zero attached hydrogens (tertiary/aromatic N) is 1. The molecule has 5 nitrogen and oxygen atoms in total. The molecule has 1 heterocycles. The molecule has 18 heavy (non-hydrogen) atoms. The van der Waals surface area contributed by atoms with Gasteiger partial charge >= 0.3 is 0 Å². The predicted molar refractivity (Wildman–Crippen MR) is 69.0 cm³/mol. The average Bonchev–Trinajstić information content (AvgIpc) is 2.35. The molecule has 0 fully saturated rings. The van der Waals surface area contributed by atoms with E-state index < -0.39 is 10.0 Å². The first-order valence-electron chi connectivity index (χ1n) is 5.20. The molecule has 1 aromatic carbocycles. The first kappa shape index (κ1) is 13.2. The van der Waals surface area contributed by atoms with E-state index >= 15 is 0 Å². The first-order chi connectivity index (χ1) is 8.53. The number of hydrogen-bond donors (Lipinski definition) is 2. The summed E-state index contributed by atoms with van der Waals surface area (Å²) >= 11 is 5.75. The van der Waals surface area contributed by atoms with E-state index in [4.69, 9.17) is 16.7 Å². The minimum absolute atomic E-state index is 0.0146. The second kappa shape index (κ2) is 5.19. The van der Waals surface area contributed by atoms with Crippen LogP contribution in [0.1, 0.15) is 0 Å². The summed E-state index contributed by atoms with van der Waals surface area (Å²) in [6, 6.07) is 7.86. The Morgan fingerprint density at radius 1 is 1.28 bits per heavy atom. The maximum Gasteiger partial charge on any atom is 0.240 e. The third-order valence-electron chi connectivity index (χ3n) is 2.34. The minimum Gasteiger partial charge on any atom is -0.395 e. The first-order valence-corrected chi connectivity index (χ1v) is 7.06. The molecule has 0 saturated carbocycles. The molecule has 2 aromatic rings. The highest BCUT2D eigenvalue weighted by Gasteiger charge is 2.13. The zero-order valence-corrected chi connectivity index (χ0v) is 10.9. The molecular weight excluding hydrogens is 276 g/mol. The van der Waals surface area contributed by atoms with Crippen LogP contribution >= 0.6 is 11.6 Å². The molecule has 0 spiro atoms. The number of rotatable bonds is 4. The zero-order chi connectivity index (χ0) is 13.2. The summed E-state index contributed by atoms with van der Waals surface area (Å²) in [4.78, 5) is 4.20. The highest BCUT2D eigenvalue weighted by Crippen LogP contribution is 2.19. The highest BCUT2D eigenvalue weighted by molar-refractivity contribution is 7.89. The van der Waals surface area contributed by atoms with Crippen LogP contribution in [0.5, 0.6) is 0 Å². The monoisotopic (exact) mass is 286 g/mol. The number of fused-ring (bicyclic) bond motifs is 1. The standard InChI is InChI=1S/C11H11ClN2O3S/c12-11-4-1-8-7-9(2-3-10(8)14-11)18(16,17)13-5-6-15/h1-4,7,13,15H,5-6H2. The summed E-state index contributed by atoms with van der Waals surface area (Å²) in [5.74, 6) is 0. The van der Waals surface area contributed by atoms with Gasteiger partial charge in [-0.25, -0.2) is 18.1 Å². The number of sulfonamides is 1. The minimum atomic E-state index is -3.59. The van der Waals surface area contributed by atoms with Crippen molar-refractivity contribution in [2.45, 2.75) is 4.90 Å². The second-order valence-electron chi connectivity index (χ2n) is 3.61. The molecule has 0 unspecified atom stereocenters. The van der Waals surface area contributed by atoms with Crippen LogP contribution in [0, 0.1) is 0 Å². The average molecular weight is 287 g/mol. The SMILES string of the molecule is O=S(=O)(NCCO)c1ccc2nc(Cl)ccc2c1. The van der Waals surface area contributed by atoms with Crippen molar-refractivity contribution in [1.82, 2.24) is 9.71 Å². The van der Waals surface area contributed by atoms with Gasteiger partial charge in [-0.1, -0.05) is 11.6 Å². The van der Waals surface area contributed by atoms with Gasteiger partial charge in [0, 0.05) is 11.9 Å². The van der Waals surface area contributed by atoms with Crippen LogP contribution in [0.25, 0.3) is 10.9 Å². The Morgan fingerprint density at radius 2 is 2.06 bits per heavy atom. The maximum atomic E-state index is 11.8. The third kappa shape index (κ3) is 2.78. The lowest BCUT2D eigenvalue weighted by Gasteiger charge is -2.06. The van der Waals surface area contributed by atoms with Crippen LogP contribution in [0.15, 0.2) is 35.2 Å². The Bertz CT molecular complexity index is 673. The van der Waals surface area contributed by atoms with Crippen LogP contribution in [0.2, 0.25) is 5.15 Å². The molecule has 0 aliphatic carbocycles. The molecule has 2 rings (SSSR count). The molecule has 0 radical (unpaired) electrons. The van der Waals surface area contributed by atoms with E-state index in [1.54, 1.807) is 18.2 Å². The largest absolute Gasteiger partial charge is 0.395 e. The van der Waals surface area contributed by atoms with E-state index in [0.717, 1.165) is 0 Å². The highest BCUT2D eigenvalue weighted by atomic mass is 35.5. The van der Waals surface area contributed by atoms with E-state index in [0.29, 0.717) is 16.1 Å². The zero-order valence-electron chi connectivity index (χ0n) is 9.30. The number of hydrogen-bond acceptors (Lipinski definition) is 4. The number of halogens is 1. The van der Waals surface area contributed by atoms with Crippen molar-refractivity contribution in [3.8, 4) is 0 Å². The van der Waals surface area contributed by atoms with Gasteiger partial charge in [-0.3, -0.25) is 0 Å². The predicted octanol–water partition coefficient (Wildman–Crippen LogP) is 1.16. The topological polar surface area (TPSA) is 79.3 Å². The molecule has 0 atom stereocenters. The second-order valence-corrected chi connectivity index (χ2v) is 5.76. The van der Waals surface area contributed by atoms with E-state index in [1.165, 1.54) is 12.1 Å². The molecule has 0 aliphatic rings. The molecule has 0 bridgehead atoms. The number of benzene rings is 1. The van der Waals surface area contributed by atoms with Gasteiger partial charge in [-0.15, -0.1) is 0 Å². The maximum absolute atomic E-state index is 11.8. The summed E-state index contributed by atoms with van der Waals surface area (Å²) in [6.07, 6.45) is 0. The normalized spacial score (nSPS) is 11.9. The van der Waals surface area contributed by atoms with Gasteiger partial charge in [0.15, 0.2) is 0 Å². The van der Waals surface area contributed by atoms with Gasteiger partial charge in [-0.05, 0) is 30.3 Å². The Labute approximate surface area is 109 Å². The lowest BCUT2D eigenvalue weighted by atomic mass is 10.2. The fourth-order valence-electron chi connectivity index (χ4n) is 1.51. The van der Waals surface area contributed by atoms with Gasteiger partial charge in [0.2, 0.25) is 10.0 Å². The molecule has 2 N–H and O–H groups in total. The Kier molecular flexibility index (Phi) is 3.82. The molecule has 0 amide bonds. The quantitative estimate of drug-likeness (QED) is 0.827. The number of aliphatic hydroxyl groups excluding tert-OH is 1. The number of aromatic nitrogens is 1. The van der Waals surface area contributed by atoms with Crippen LogP contribution < -0.4 is 4.72 Å². The van der Waals surface area contributed by atoms with Crippen LogP contribution in [-0.4, -0.2) is 31.7 Å². The summed E-state index contributed by atoms with van der Waals surface area (Å²) < 4.78 is 25.9. The summed E-state index contributed by atoms with van der Waals surface area (Å²) in [5.41, 5.74) is 0.628. The number of aliphatic hydroxyl groups is 1. The van der Waals surface area contributed by atoms with Crippen molar-refractivity contribution in [2.75, 3.05) is 13.2 Å². The van der Waals surface area contributed by atoms with Crippen molar-refractivity contribution < 1.29 is 13.5 Å². The lowest BCUT2D eigenvalue weighted by molar-refractivity contribution is 0.301. The molecule has 0 aliphatic heterocycles. The summed E-state index contributed by atoms with van der Waals surface area (Å²) in [6.45, 7) is -0.261. The van der Waals surface area contributed by atoms with E-state index in [9.17, 15) is 8.42 Å². The van der Waals surface area contributed by atoms with Gasteiger partial charge in [0.1, 0.15) is 5.15 Å². The molecule has 7 heteroatoms. The van der Waals surface area contributed by atoms with Crippen molar-refractivity contribution in [2.24, 2.45) is 0 Å². The Morgan fingerprint density at radius 3 is 2.78 bits per heavy atom. The van der Waals surface area contributed by atoms with Gasteiger partial charge in [-0.2, -0.15) is 0 Å². The molecule has 96 valence electrons. The van der Waals surface area contributed by atoms with Gasteiger partial charge in [0.25, 0.3) is 0 Å². The third-order valence-corrected chi connectivity index (χ3v) is 4.01. The van der Waals surface area contributed by atoms with E-state index in [2.05, 4.69) is 9.71 Å². The van der Waals surface area contributed by atoms with Crippen molar-refractivity contribution >= 4 is 32.5 Å². The number of pyridine rings is 1. The Hall–Kier alpha value is -1.21. The van der Waals surface area contributed by atoms with Crippen molar-refractivity contribution in [3.05, 3.63) is 35.5 Å². The Balaban J connectivity index is 2.44. The van der Waals surface area contributed by atoms with Gasteiger partial charge < -0.3 is 5.11 Å². The van der Waals surface area contributed by atoms with Crippen LogP contribution in [0.4, 0.5) is 0 Å². The smallest absolute Gasteiger partial charge is 0.240 e. The van der Waals surface area contributed by atoms with Crippen LogP contribution in [-0.2, 0) is 10.0 Å². The van der Waals surface area contributed by atoms with Crippen molar-refractivity contribution in [3.63, 3.8) is 0 Å². The summed E-state index contributed by atoms with van der Waals surface area (Å²) in [7, 11) is -3.59. The molecular formula is C11H11ClN2O3S. The molecule has 0 saturated heterocycles. The van der Waals surface area contributed by atoms with E-state index in [-0.39, 0.29) is 18.0 Å². The summed E-state index contributed by atoms with van der Waals surface area (Å²) in [5, 5.41) is 9.67. The fourth-order valence-corrected chi connectivity index (χ4v) is 2.72. The molecule has 1 aromatic heterocycles. The lowest BCUT2D eigenvalue weighted by Crippen LogP contribution is -2.26. The van der Waals surface area contributed by atoms with Crippen LogP contribution in [0.3, 0.4) is 0 Å². The number of nitrogens with one attached hydrogen (secondary N) is 1. The van der Waals surface area contributed by atoms with Gasteiger partial charge in [0.05, 0.1) is 17.0 Å². The van der Waals surface area contributed by atoms with E-state index in [1.807, 2.05) is 0 Å². The fraction of sp³-hybridized carbons (Fsp3) is 0.182. The van der Waals surface area contributed by atoms with Crippen molar-refractivity contribution in [1.29, 1.82) is 0 Å².